The van der Waals surface area contributed by atoms with Crippen molar-refractivity contribution in [1.29, 1.82) is 0 Å². The lowest BCUT2D eigenvalue weighted by atomic mass is 10.2. The van der Waals surface area contributed by atoms with E-state index < -0.39 is 0 Å². The van der Waals surface area contributed by atoms with Gasteiger partial charge in [-0.15, -0.1) is 0 Å². The molecular formula is C13H14N4OS. The SMILES string of the molecule is CSc1ncc(C(=O)NNc2ccc(C)cc2)cn1. The van der Waals surface area contributed by atoms with Gasteiger partial charge in [-0.1, -0.05) is 29.5 Å². The molecule has 5 nitrogen and oxygen atoms in total. The molecule has 1 amide bonds. The van der Waals surface area contributed by atoms with Gasteiger partial charge in [0.2, 0.25) is 0 Å². The number of aryl methyl sites for hydroxylation is 1. The summed E-state index contributed by atoms with van der Waals surface area (Å²) in [4.78, 5) is 19.9. The van der Waals surface area contributed by atoms with Crippen LogP contribution in [-0.2, 0) is 0 Å². The average Bonchev–Trinajstić information content (AvgIpc) is 2.46. The fourth-order valence-corrected chi connectivity index (χ4v) is 1.69. The molecule has 2 rings (SSSR count). The molecular weight excluding hydrogens is 260 g/mol. The zero-order valence-electron chi connectivity index (χ0n) is 10.7. The lowest BCUT2D eigenvalue weighted by Gasteiger charge is -2.08. The summed E-state index contributed by atoms with van der Waals surface area (Å²) in [6.07, 6.45) is 4.89. The van der Waals surface area contributed by atoms with E-state index >= 15 is 0 Å². The van der Waals surface area contributed by atoms with Crippen LogP contribution in [0.15, 0.2) is 41.8 Å². The van der Waals surface area contributed by atoms with Gasteiger partial charge in [0, 0.05) is 12.4 Å². The Morgan fingerprint density at radius 2 is 1.79 bits per heavy atom. The number of carbonyl (C=O) groups is 1. The summed E-state index contributed by atoms with van der Waals surface area (Å²) in [5.41, 5.74) is 7.83. The molecule has 1 heterocycles. The van der Waals surface area contributed by atoms with E-state index in [1.807, 2.05) is 37.4 Å². The molecule has 0 unspecified atom stereocenters. The van der Waals surface area contributed by atoms with Gasteiger partial charge in [-0.05, 0) is 25.3 Å². The number of nitrogens with zero attached hydrogens (tertiary/aromatic N) is 2. The summed E-state index contributed by atoms with van der Waals surface area (Å²) in [7, 11) is 0. The van der Waals surface area contributed by atoms with E-state index in [9.17, 15) is 4.79 Å². The second kappa shape index (κ2) is 6.19. The molecule has 1 aromatic heterocycles. The number of benzene rings is 1. The summed E-state index contributed by atoms with van der Waals surface area (Å²) in [5, 5.41) is 0.642. The summed E-state index contributed by atoms with van der Waals surface area (Å²) in [5.74, 6) is -0.270. The Labute approximate surface area is 115 Å². The summed E-state index contributed by atoms with van der Waals surface area (Å²) >= 11 is 1.43. The van der Waals surface area contributed by atoms with Crippen molar-refractivity contribution in [3.05, 3.63) is 47.8 Å². The predicted molar refractivity (Wildman–Crippen MR) is 76.1 cm³/mol. The van der Waals surface area contributed by atoms with Crippen molar-refractivity contribution in [3.63, 3.8) is 0 Å². The molecule has 2 N–H and O–H groups in total. The Morgan fingerprint density at radius 1 is 1.16 bits per heavy atom. The van der Waals surface area contributed by atoms with Crippen LogP contribution in [0.2, 0.25) is 0 Å². The van der Waals surface area contributed by atoms with Gasteiger partial charge in [0.15, 0.2) is 5.16 Å². The molecule has 6 heteroatoms. The highest BCUT2D eigenvalue weighted by Crippen LogP contribution is 2.08. The predicted octanol–water partition coefficient (Wildman–Crippen LogP) is 2.26. The third-order valence-electron chi connectivity index (χ3n) is 2.44. The number of hydrazine groups is 1. The highest BCUT2D eigenvalue weighted by Gasteiger charge is 2.06. The van der Waals surface area contributed by atoms with E-state index in [4.69, 9.17) is 0 Å². The van der Waals surface area contributed by atoms with E-state index in [1.165, 1.54) is 24.2 Å². The number of hydrogen-bond donors (Lipinski definition) is 2. The second-order valence-electron chi connectivity index (χ2n) is 3.90. The van der Waals surface area contributed by atoms with Crippen molar-refractivity contribution in [1.82, 2.24) is 15.4 Å². The van der Waals surface area contributed by atoms with Crippen molar-refractivity contribution >= 4 is 23.4 Å². The minimum absolute atomic E-state index is 0.270. The summed E-state index contributed by atoms with van der Waals surface area (Å²) in [6.45, 7) is 2.01. The highest BCUT2D eigenvalue weighted by atomic mass is 32.2. The maximum atomic E-state index is 11.8. The van der Waals surface area contributed by atoms with E-state index in [0.717, 1.165) is 11.3 Å². The van der Waals surface area contributed by atoms with Gasteiger partial charge in [0.1, 0.15) is 0 Å². The van der Waals surface area contributed by atoms with Crippen LogP contribution in [-0.4, -0.2) is 22.1 Å². The molecule has 0 aliphatic carbocycles. The first kappa shape index (κ1) is 13.4. The van der Waals surface area contributed by atoms with Crippen LogP contribution >= 0.6 is 11.8 Å². The van der Waals surface area contributed by atoms with E-state index in [-0.39, 0.29) is 5.91 Å². The molecule has 0 fully saturated rings. The smallest absolute Gasteiger partial charge is 0.272 e. The number of aromatic nitrogens is 2. The fourth-order valence-electron chi connectivity index (χ4n) is 1.38. The topological polar surface area (TPSA) is 66.9 Å². The Morgan fingerprint density at radius 3 is 2.37 bits per heavy atom. The van der Waals surface area contributed by atoms with Gasteiger partial charge in [-0.2, -0.15) is 0 Å². The Hall–Kier alpha value is -2.08. The molecule has 0 aliphatic heterocycles. The van der Waals surface area contributed by atoms with Gasteiger partial charge in [-0.25, -0.2) is 9.97 Å². The number of rotatable bonds is 4. The average molecular weight is 274 g/mol. The minimum Gasteiger partial charge on any atom is -0.298 e. The van der Waals surface area contributed by atoms with E-state index in [0.29, 0.717) is 10.7 Å². The molecule has 0 spiro atoms. The fraction of sp³-hybridized carbons (Fsp3) is 0.154. The van der Waals surface area contributed by atoms with Crippen molar-refractivity contribution in [2.75, 3.05) is 11.7 Å². The number of amides is 1. The molecule has 1 aromatic carbocycles. The van der Waals surface area contributed by atoms with E-state index in [2.05, 4.69) is 20.8 Å². The number of nitrogens with one attached hydrogen (secondary N) is 2. The Balaban J connectivity index is 1.95. The molecule has 0 aliphatic rings. The first-order valence-electron chi connectivity index (χ1n) is 5.68. The van der Waals surface area contributed by atoms with Crippen molar-refractivity contribution in [3.8, 4) is 0 Å². The number of carbonyl (C=O) groups excluding carboxylic acids is 1. The lowest BCUT2D eigenvalue weighted by molar-refractivity contribution is 0.0961. The van der Waals surface area contributed by atoms with Crippen LogP contribution in [0, 0.1) is 6.92 Å². The maximum Gasteiger partial charge on any atom is 0.272 e. The van der Waals surface area contributed by atoms with Crippen LogP contribution in [0.25, 0.3) is 0 Å². The van der Waals surface area contributed by atoms with Crippen LogP contribution in [0.3, 0.4) is 0 Å². The Bertz CT molecular complexity index is 554. The summed E-state index contributed by atoms with van der Waals surface area (Å²) < 4.78 is 0. The van der Waals surface area contributed by atoms with Gasteiger partial charge >= 0.3 is 0 Å². The molecule has 0 bridgehead atoms. The summed E-state index contributed by atoms with van der Waals surface area (Å²) in [6, 6.07) is 7.71. The molecule has 2 aromatic rings. The number of hydrogen-bond acceptors (Lipinski definition) is 5. The van der Waals surface area contributed by atoms with Gasteiger partial charge in [0.25, 0.3) is 5.91 Å². The maximum absolute atomic E-state index is 11.8. The van der Waals surface area contributed by atoms with Crippen molar-refractivity contribution < 1.29 is 4.79 Å². The minimum atomic E-state index is -0.270. The van der Waals surface area contributed by atoms with Gasteiger partial charge in [0.05, 0.1) is 11.3 Å². The van der Waals surface area contributed by atoms with Gasteiger partial charge in [-0.3, -0.25) is 15.6 Å². The van der Waals surface area contributed by atoms with Gasteiger partial charge < -0.3 is 0 Å². The normalized spacial score (nSPS) is 10.0. The first-order valence-corrected chi connectivity index (χ1v) is 6.90. The third-order valence-corrected chi connectivity index (χ3v) is 3.02. The number of thioether (sulfide) groups is 1. The highest BCUT2D eigenvalue weighted by molar-refractivity contribution is 7.98. The van der Waals surface area contributed by atoms with Crippen molar-refractivity contribution in [2.45, 2.75) is 12.1 Å². The molecule has 19 heavy (non-hydrogen) atoms. The second-order valence-corrected chi connectivity index (χ2v) is 4.68. The monoisotopic (exact) mass is 274 g/mol. The third kappa shape index (κ3) is 3.69. The molecule has 0 radical (unpaired) electrons. The zero-order valence-corrected chi connectivity index (χ0v) is 11.5. The largest absolute Gasteiger partial charge is 0.298 e. The molecule has 98 valence electrons. The zero-order chi connectivity index (χ0) is 13.7. The quantitative estimate of drug-likeness (QED) is 0.508. The Kier molecular flexibility index (Phi) is 4.35. The van der Waals surface area contributed by atoms with Crippen LogP contribution in [0.5, 0.6) is 0 Å². The van der Waals surface area contributed by atoms with Crippen LogP contribution in [0.1, 0.15) is 15.9 Å². The molecule has 0 saturated carbocycles. The lowest BCUT2D eigenvalue weighted by Crippen LogP contribution is -2.29. The molecule has 0 atom stereocenters. The van der Waals surface area contributed by atoms with Crippen LogP contribution < -0.4 is 10.9 Å². The number of anilines is 1. The first-order chi connectivity index (χ1) is 9.19. The standard InChI is InChI=1S/C13H14N4OS/c1-9-3-5-11(6-4-9)16-17-12(18)10-7-14-13(19-2)15-8-10/h3-8,16H,1-2H3,(H,17,18). The molecule has 0 saturated heterocycles. The van der Waals surface area contributed by atoms with Crippen molar-refractivity contribution in [2.24, 2.45) is 0 Å². The van der Waals surface area contributed by atoms with Crippen LogP contribution in [0.4, 0.5) is 5.69 Å². The van der Waals surface area contributed by atoms with E-state index in [1.54, 1.807) is 0 Å².